The summed E-state index contributed by atoms with van der Waals surface area (Å²) in [6.45, 7) is 3.27. The van der Waals surface area contributed by atoms with E-state index >= 15 is 0 Å². The molecule has 4 aromatic rings. The lowest BCUT2D eigenvalue weighted by atomic mass is 9.98. The highest BCUT2D eigenvalue weighted by Crippen LogP contribution is 2.44. The number of hydrogen-bond donors (Lipinski definition) is 1. The number of fused-ring (bicyclic) bond motifs is 3. The zero-order chi connectivity index (χ0) is 37.2. The molecule has 0 saturated carbocycles. The van der Waals surface area contributed by atoms with Crippen LogP contribution in [0.2, 0.25) is 0 Å². The van der Waals surface area contributed by atoms with E-state index in [0.29, 0.717) is 12.8 Å². The Balaban J connectivity index is 1.23. The first-order valence-electron chi connectivity index (χ1n) is 17.9. The molecule has 11 nitrogen and oxygen atoms in total. The van der Waals surface area contributed by atoms with Crippen LogP contribution in [0.3, 0.4) is 0 Å². The van der Waals surface area contributed by atoms with Crippen LogP contribution in [0.1, 0.15) is 49.3 Å². The van der Waals surface area contributed by atoms with Gasteiger partial charge in [0.15, 0.2) is 0 Å². The van der Waals surface area contributed by atoms with Crippen LogP contribution in [0.15, 0.2) is 119 Å². The molecule has 1 aliphatic heterocycles. The third-order valence-corrected chi connectivity index (χ3v) is 10.9. The van der Waals surface area contributed by atoms with Crippen molar-refractivity contribution in [1.82, 2.24) is 4.90 Å². The lowest BCUT2D eigenvalue weighted by Gasteiger charge is -2.44. The van der Waals surface area contributed by atoms with Crippen molar-refractivity contribution in [3.05, 3.63) is 136 Å². The molecule has 6 rings (SSSR count). The summed E-state index contributed by atoms with van der Waals surface area (Å²) >= 11 is 1.29. The van der Waals surface area contributed by atoms with Gasteiger partial charge in [0.1, 0.15) is 42.9 Å². The topological polar surface area (TPSA) is 143 Å². The van der Waals surface area contributed by atoms with Gasteiger partial charge < -0.3 is 24.1 Å². The number of carbonyl (C=O) groups excluding carboxylic acids is 2. The fraction of sp³-hybridized carbons (Fsp3) is 0.366. The number of benzene rings is 4. The molecule has 276 valence electrons. The minimum absolute atomic E-state index is 0.101. The van der Waals surface area contributed by atoms with Crippen molar-refractivity contribution in [2.24, 2.45) is 5.11 Å². The molecule has 5 atom stereocenters. The number of azide groups is 1. The predicted octanol–water partition coefficient (Wildman–Crippen LogP) is 8.11. The van der Waals surface area contributed by atoms with Crippen LogP contribution < -0.4 is 0 Å². The Hall–Kier alpha value is -4.84. The Bertz CT molecular complexity index is 1830. The SMILES string of the molecule is CCC(CC)N(CC(=O)O[C@@H]1[C@@H](N=[N+]=[N-])[C@@H](Sc2ccccc2)O[C@H](CO)[C@@H]1OCc1ccccc1)C(=O)OCC1c2ccccc2-c2ccccc21. The van der Waals surface area contributed by atoms with Gasteiger partial charge in [-0.05, 0) is 58.3 Å². The summed E-state index contributed by atoms with van der Waals surface area (Å²) in [4.78, 5) is 33.2. The van der Waals surface area contributed by atoms with Gasteiger partial charge in [-0.1, -0.05) is 128 Å². The molecule has 4 aromatic carbocycles. The number of nitrogens with zero attached hydrogens (tertiary/aromatic N) is 4. The summed E-state index contributed by atoms with van der Waals surface area (Å²) in [5.74, 6) is -0.880. The molecule has 0 spiro atoms. The van der Waals surface area contributed by atoms with Crippen molar-refractivity contribution < 1.29 is 33.6 Å². The first kappa shape index (κ1) is 37.9. The molecule has 53 heavy (non-hydrogen) atoms. The van der Waals surface area contributed by atoms with Gasteiger partial charge in [-0.3, -0.25) is 9.69 Å². The second-order valence-electron chi connectivity index (χ2n) is 13.0. The Morgan fingerprint density at radius 1 is 0.887 bits per heavy atom. The van der Waals surface area contributed by atoms with Crippen LogP contribution in [-0.4, -0.2) is 77.7 Å². The summed E-state index contributed by atoms with van der Waals surface area (Å²) in [5.41, 5.74) is 14.1. The maximum absolute atomic E-state index is 14.0. The normalized spacial score (nSPS) is 20.6. The molecule has 1 amide bonds. The Kier molecular flexibility index (Phi) is 13.1. The summed E-state index contributed by atoms with van der Waals surface area (Å²) in [6, 6.07) is 33.7. The van der Waals surface area contributed by atoms with Crippen molar-refractivity contribution in [3.63, 3.8) is 0 Å². The lowest BCUT2D eigenvalue weighted by molar-refractivity contribution is -0.207. The minimum Gasteiger partial charge on any atom is -0.458 e. The van der Waals surface area contributed by atoms with Gasteiger partial charge in [-0.15, -0.1) is 0 Å². The van der Waals surface area contributed by atoms with Gasteiger partial charge in [0, 0.05) is 21.8 Å². The van der Waals surface area contributed by atoms with E-state index in [1.165, 1.54) is 16.7 Å². The first-order chi connectivity index (χ1) is 25.9. The average molecular weight is 737 g/mol. The van der Waals surface area contributed by atoms with Gasteiger partial charge in [0.2, 0.25) is 0 Å². The largest absolute Gasteiger partial charge is 0.458 e. The van der Waals surface area contributed by atoms with E-state index in [-0.39, 0.29) is 25.2 Å². The van der Waals surface area contributed by atoms with Crippen LogP contribution in [0.25, 0.3) is 21.6 Å². The molecule has 0 aromatic heterocycles. The first-order valence-corrected chi connectivity index (χ1v) is 18.8. The summed E-state index contributed by atoms with van der Waals surface area (Å²) in [5, 5.41) is 14.6. The van der Waals surface area contributed by atoms with E-state index in [9.17, 15) is 20.2 Å². The van der Waals surface area contributed by atoms with Gasteiger partial charge in [0.05, 0.1) is 13.2 Å². The van der Waals surface area contributed by atoms with E-state index in [4.69, 9.17) is 18.9 Å². The number of hydrogen-bond acceptors (Lipinski definition) is 9. The molecule has 12 heteroatoms. The quantitative estimate of drug-likeness (QED) is 0.0558. The van der Waals surface area contributed by atoms with Gasteiger partial charge in [-0.25, -0.2) is 4.79 Å². The highest BCUT2D eigenvalue weighted by molar-refractivity contribution is 7.99. The summed E-state index contributed by atoms with van der Waals surface area (Å²) in [7, 11) is 0. The van der Waals surface area contributed by atoms with Crippen LogP contribution >= 0.6 is 11.8 Å². The molecule has 0 radical (unpaired) electrons. The van der Waals surface area contributed by atoms with Crippen LogP contribution in [0, 0.1) is 0 Å². The molecule has 0 unspecified atom stereocenters. The summed E-state index contributed by atoms with van der Waals surface area (Å²) < 4.78 is 24.7. The van der Waals surface area contributed by atoms with Crippen molar-refractivity contribution in [2.45, 2.75) is 79.9 Å². The van der Waals surface area contributed by atoms with Gasteiger partial charge >= 0.3 is 12.1 Å². The maximum Gasteiger partial charge on any atom is 0.410 e. The Morgan fingerprint density at radius 2 is 1.49 bits per heavy atom. The van der Waals surface area contributed by atoms with Crippen LogP contribution in [-0.2, 0) is 30.3 Å². The van der Waals surface area contributed by atoms with Crippen molar-refractivity contribution in [1.29, 1.82) is 0 Å². The molecule has 1 saturated heterocycles. The molecule has 1 fully saturated rings. The molecular formula is C41H44N4O7S. The fourth-order valence-electron chi connectivity index (χ4n) is 7.13. The zero-order valence-electron chi connectivity index (χ0n) is 29.8. The number of ether oxygens (including phenoxy) is 4. The van der Waals surface area contributed by atoms with Crippen molar-refractivity contribution >= 4 is 23.8 Å². The second kappa shape index (κ2) is 18.3. The van der Waals surface area contributed by atoms with Crippen molar-refractivity contribution in [3.8, 4) is 11.1 Å². The van der Waals surface area contributed by atoms with Crippen LogP contribution in [0.4, 0.5) is 4.79 Å². The van der Waals surface area contributed by atoms with Crippen molar-refractivity contribution in [2.75, 3.05) is 19.8 Å². The molecule has 1 N–H and O–H groups in total. The van der Waals surface area contributed by atoms with Gasteiger partial charge in [0.25, 0.3) is 0 Å². The number of carbonyl (C=O) groups is 2. The zero-order valence-corrected chi connectivity index (χ0v) is 30.6. The molecule has 1 aliphatic carbocycles. The fourth-order valence-corrected chi connectivity index (χ4v) is 8.26. The smallest absolute Gasteiger partial charge is 0.410 e. The monoisotopic (exact) mass is 736 g/mol. The van der Waals surface area contributed by atoms with E-state index in [0.717, 1.165) is 32.7 Å². The number of amides is 1. The van der Waals surface area contributed by atoms with E-state index < -0.39 is 55.0 Å². The third kappa shape index (κ3) is 8.87. The minimum atomic E-state index is -1.15. The van der Waals surface area contributed by atoms with E-state index in [1.54, 1.807) is 0 Å². The molecule has 2 aliphatic rings. The van der Waals surface area contributed by atoms with Crippen LogP contribution in [0.5, 0.6) is 0 Å². The number of thioether (sulfide) groups is 1. The lowest BCUT2D eigenvalue weighted by Crippen LogP contribution is -2.59. The molecule has 0 bridgehead atoms. The molecular weight excluding hydrogens is 693 g/mol. The van der Waals surface area contributed by atoms with E-state index in [2.05, 4.69) is 34.3 Å². The Morgan fingerprint density at radius 3 is 2.09 bits per heavy atom. The predicted molar refractivity (Wildman–Crippen MR) is 202 cm³/mol. The summed E-state index contributed by atoms with van der Waals surface area (Å²) in [6.07, 6.45) is -2.53. The van der Waals surface area contributed by atoms with E-state index in [1.807, 2.05) is 98.8 Å². The van der Waals surface area contributed by atoms with Gasteiger partial charge in [-0.2, -0.15) is 0 Å². The molecule has 1 heterocycles. The third-order valence-electron chi connectivity index (χ3n) is 9.78. The Labute approximate surface area is 313 Å². The number of aliphatic hydroxyl groups is 1. The highest BCUT2D eigenvalue weighted by Gasteiger charge is 2.49. The number of rotatable bonds is 15. The maximum atomic E-state index is 14.0. The average Bonchev–Trinajstić information content (AvgIpc) is 3.51. The standard InChI is InChI=1S/C41H44N4O7S/c1-3-28(4-2)45(41(48)50-26-34-32-21-13-11-19-30(32)31-20-12-14-22-33(31)34)23-36(47)52-39-37(43-44-42)40(53-29-17-9-6-10-18-29)51-35(24-46)38(39)49-25-27-15-7-5-8-16-27/h5-22,28,34-35,37-40,46H,3-4,23-26H2,1-2H3/t35-,37-,38+,39-,40-/m1/s1. The second-order valence-corrected chi connectivity index (χ2v) is 14.1. The highest BCUT2D eigenvalue weighted by atomic mass is 32.2. The number of esters is 1. The number of aliphatic hydroxyl groups excluding tert-OH is 1.